The number of nitrogens with zero attached hydrogens (tertiary/aromatic N) is 2. The Morgan fingerprint density at radius 3 is 2.78 bits per heavy atom. The molecule has 2 rings (SSSR count). The molecule has 1 aromatic rings. The minimum absolute atomic E-state index is 0.0957. The summed E-state index contributed by atoms with van der Waals surface area (Å²) in [5.74, 6) is -0.00193. The third-order valence-corrected chi connectivity index (χ3v) is 2.89. The van der Waals surface area contributed by atoms with E-state index in [1.807, 2.05) is 12.1 Å². The molecule has 0 aromatic carbocycles. The molecule has 0 saturated carbocycles. The lowest BCUT2D eigenvalue weighted by Crippen LogP contribution is -2.36. The number of nitrogens with two attached hydrogens (primary N) is 1. The van der Waals surface area contributed by atoms with Gasteiger partial charge in [0.05, 0.1) is 0 Å². The molecule has 1 atom stereocenters. The van der Waals surface area contributed by atoms with Crippen LogP contribution >= 0.6 is 0 Å². The van der Waals surface area contributed by atoms with Crippen LogP contribution in [0.25, 0.3) is 0 Å². The van der Waals surface area contributed by atoms with E-state index >= 15 is 0 Å². The molecular weight excluding hydrogens is 230 g/mol. The van der Waals surface area contributed by atoms with Crippen LogP contribution in [0.4, 0.5) is 0 Å². The molecule has 4 N–H and O–H groups in total. The number of nitrogens with one attached hydrogen (secondary N) is 2. The number of rotatable bonds is 2. The summed E-state index contributed by atoms with van der Waals surface area (Å²) < 4.78 is 5.29. The van der Waals surface area contributed by atoms with E-state index in [1.165, 1.54) is 0 Å². The number of aromatic nitrogens is 1. The van der Waals surface area contributed by atoms with Gasteiger partial charge in [0.25, 0.3) is 0 Å². The number of likely N-dealkylation sites (tertiary alicyclic amines) is 1. The minimum Gasteiger partial charge on any atom is -0.471 e. The van der Waals surface area contributed by atoms with Crippen LogP contribution in [0, 0.1) is 10.8 Å². The van der Waals surface area contributed by atoms with Crippen LogP contribution in [0.3, 0.4) is 0 Å². The second-order valence-corrected chi connectivity index (χ2v) is 4.32. The van der Waals surface area contributed by atoms with E-state index in [0.717, 1.165) is 18.5 Å². The molecule has 1 aliphatic heterocycles. The molecule has 1 aliphatic rings. The van der Waals surface area contributed by atoms with E-state index in [2.05, 4.69) is 4.98 Å². The monoisotopic (exact) mass is 247 g/mol. The average Bonchev–Trinajstić information content (AvgIpc) is 2.83. The number of ether oxygens (including phenoxy) is 1. The summed E-state index contributed by atoms with van der Waals surface area (Å²) in [5, 5.41) is 15.6. The first-order valence-electron chi connectivity index (χ1n) is 5.86. The SMILES string of the molecule is N=C(OCc1ccncc1)C(=N)N1CCC(N)C1. The third kappa shape index (κ3) is 3.04. The smallest absolute Gasteiger partial charge is 0.249 e. The highest BCUT2D eigenvalue weighted by Gasteiger charge is 2.24. The molecule has 1 aromatic heterocycles. The van der Waals surface area contributed by atoms with Crippen LogP contribution in [0.15, 0.2) is 24.5 Å². The zero-order valence-electron chi connectivity index (χ0n) is 10.1. The van der Waals surface area contributed by atoms with Gasteiger partial charge in [0.15, 0.2) is 5.84 Å². The second-order valence-electron chi connectivity index (χ2n) is 4.32. The molecule has 1 saturated heterocycles. The molecule has 0 aliphatic carbocycles. The van der Waals surface area contributed by atoms with Crippen molar-refractivity contribution in [3.8, 4) is 0 Å². The Balaban J connectivity index is 1.83. The summed E-state index contributed by atoms with van der Waals surface area (Å²) in [4.78, 5) is 5.68. The van der Waals surface area contributed by atoms with Gasteiger partial charge in [0.1, 0.15) is 6.61 Å². The third-order valence-electron chi connectivity index (χ3n) is 2.89. The van der Waals surface area contributed by atoms with Crippen molar-refractivity contribution in [1.82, 2.24) is 9.88 Å². The second kappa shape index (κ2) is 5.59. The van der Waals surface area contributed by atoms with Crippen molar-refractivity contribution in [1.29, 1.82) is 10.8 Å². The van der Waals surface area contributed by atoms with E-state index in [1.54, 1.807) is 17.3 Å². The first-order valence-corrected chi connectivity index (χ1v) is 5.86. The summed E-state index contributed by atoms with van der Waals surface area (Å²) in [6.45, 7) is 1.63. The highest BCUT2D eigenvalue weighted by atomic mass is 16.5. The highest BCUT2D eigenvalue weighted by Crippen LogP contribution is 2.08. The molecule has 1 unspecified atom stereocenters. The summed E-state index contributed by atoms with van der Waals surface area (Å²) in [6, 6.07) is 3.74. The fourth-order valence-corrected chi connectivity index (χ4v) is 1.84. The largest absolute Gasteiger partial charge is 0.471 e. The van der Waals surface area contributed by atoms with Gasteiger partial charge in [-0.15, -0.1) is 0 Å². The van der Waals surface area contributed by atoms with Gasteiger partial charge in [-0.1, -0.05) is 0 Å². The predicted molar refractivity (Wildman–Crippen MR) is 68.6 cm³/mol. The van der Waals surface area contributed by atoms with Gasteiger partial charge in [0.2, 0.25) is 5.90 Å². The quantitative estimate of drug-likeness (QED) is 0.526. The van der Waals surface area contributed by atoms with Gasteiger partial charge in [-0.3, -0.25) is 15.8 Å². The lowest BCUT2D eigenvalue weighted by atomic mass is 10.3. The van der Waals surface area contributed by atoms with E-state index < -0.39 is 0 Å². The summed E-state index contributed by atoms with van der Waals surface area (Å²) in [6.07, 6.45) is 4.21. The minimum atomic E-state index is -0.110. The molecule has 2 heterocycles. The van der Waals surface area contributed by atoms with Crippen LogP contribution in [0.2, 0.25) is 0 Å². The summed E-state index contributed by atoms with van der Waals surface area (Å²) >= 11 is 0. The Morgan fingerprint density at radius 1 is 1.44 bits per heavy atom. The molecule has 6 nitrogen and oxygen atoms in total. The van der Waals surface area contributed by atoms with Gasteiger partial charge in [0, 0.05) is 31.5 Å². The van der Waals surface area contributed by atoms with Crippen LogP contribution in [0.1, 0.15) is 12.0 Å². The van der Waals surface area contributed by atoms with Gasteiger partial charge >= 0.3 is 0 Å². The van der Waals surface area contributed by atoms with Crippen molar-refractivity contribution in [2.75, 3.05) is 13.1 Å². The molecule has 0 bridgehead atoms. The lowest BCUT2D eigenvalue weighted by Gasteiger charge is -2.19. The fraction of sp³-hybridized carbons (Fsp3) is 0.417. The maximum absolute atomic E-state index is 7.86. The van der Waals surface area contributed by atoms with Crippen molar-refractivity contribution in [2.45, 2.75) is 19.1 Å². The number of amidine groups is 1. The Kier molecular flexibility index (Phi) is 3.88. The Labute approximate surface area is 106 Å². The summed E-state index contributed by atoms with van der Waals surface area (Å²) in [5.41, 5.74) is 6.70. The maximum Gasteiger partial charge on any atom is 0.249 e. The molecular formula is C12H17N5O. The number of hydrogen-bond donors (Lipinski definition) is 3. The fourth-order valence-electron chi connectivity index (χ4n) is 1.84. The van der Waals surface area contributed by atoms with Crippen molar-refractivity contribution in [2.24, 2.45) is 5.73 Å². The van der Waals surface area contributed by atoms with E-state index in [0.29, 0.717) is 6.54 Å². The molecule has 1 fully saturated rings. The normalized spacial score (nSPS) is 18.7. The molecule has 96 valence electrons. The van der Waals surface area contributed by atoms with Gasteiger partial charge in [-0.05, 0) is 24.1 Å². The van der Waals surface area contributed by atoms with Crippen LogP contribution in [-0.2, 0) is 11.3 Å². The molecule has 6 heteroatoms. The zero-order valence-corrected chi connectivity index (χ0v) is 10.1. The standard InChI is InChI=1S/C12H17N5O/c13-10-3-6-17(7-10)11(14)12(15)18-8-9-1-4-16-5-2-9/h1-2,4-5,10,14-15H,3,6-8,13H2. The lowest BCUT2D eigenvalue weighted by molar-refractivity contribution is 0.291. The molecule has 18 heavy (non-hydrogen) atoms. The van der Waals surface area contributed by atoms with Gasteiger partial charge in [-0.25, -0.2) is 0 Å². The van der Waals surface area contributed by atoms with Crippen molar-refractivity contribution < 1.29 is 4.74 Å². The topological polar surface area (TPSA) is 99.1 Å². The van der Waals surface area contributed by atoms with E-state index in [9.17, 15) is 0 Å². The number of hydrogen-bond acceptors (Lipinski definition) is 5. The first-order chi connectivity index (χ1) is 8.66. The predicted octanol–water partition coefficient (Wildman–Crippen LogP) is 0.586. The van der Waals surface area contributed by atoms with Crippen molar-refractivity contribution in [3.63, 3.8) is 0 Å². The Bertz CT molecular complexity index is 433. The van der Waals surface area contributed by atoms with Crippen LogP contribution in [0.5, 0.6) is 0 Å². The van der Waals surface area contributed by atoms with Gasteiger partial charge in [-0.2, -0.15) is 0 Å². The number of pyridine rings is 1. The van der Waals surface area contributed by atoms with Crippen molar-refractivity contribution in [3.05, 3.63) is 30.1 Å². The Morgan fingerprint density at radius 2 is 2.17 bits per heavy atom. The highest BCUT2D eigenvalue weighted by molar-refractivity contribution is 6.35. The maximum atomic E-state index is 7.86. The van der Waals surface area contributed by atoms with Crippen molar-refractivity contribution >= 4 is 11.7 Å². The van der Waals surface area contributed by atoms with Gasteiger partial charge < -0.3 is 15.4 Å². The molecule has 0 radical (unpaired) electrons. The molecule has 0 amide bonds. The average molecular weight is 247 g/mol. The van der Waals surface area contributed by atoms with E-state index in [4.69, 9.17) is 21.3 Å². The Hall–Kier alpha value is -1.95. The summed E-state index contributed by atoms with van der Waals surface area (Å²) in [7, 11) is 0. The first kappa shape index (κ1) is 12.5. The molecule has 0 spiro atoms. The van der Waals surface area contributed by atoms with Crippen LogP contribution in [-0.4, -0.2) is 40.7 Å². The zero-order chi connectivity index (χ0) is 13.0. The van der Waals surface area contributed by atoms with Crippen LogP contribution < -0.4 is 5.73 Å². The van der Waals surface area contributed by atoms with E-state index in [-0.39, 0.29) is 24.4 Å².